The Bertz CT molecular complexity index is 130. The molecule has 0 aliphatic heterocycles. The fourth-order valence-electron chi connectivity index (χ4n) is 1.23. The second-order valence-corrected chi connectivity index (χ2v) is 5.09. The monoisotopic (exact) mass is 201 g/mol. The van der Waals surface area contributed by atoms with Crippen LogP contribution in [0.2, 0.25) is 0 Å². The number of nitrogens with one attached hydrogen (secondary N) is 1. The fourth-order valence-corrected chi connectivity index (χ4v) is 1.23. The van der Waals surface area contributed by atoms with E-state index >= 15 is 0 Å². The van der Waals surface area contributed by atoms with Gasteiger partial charge >= 0.3 is 0 Å². The van der Waals surface area contributed by atoms with E-state index in [-0.39, 0.29) is 0 Å². The Labute approximate surface area is 90.3 Å². The standard InChI is InChI=1S/C12H29N2/c1-6-7-8-9-10-13-11-14(4,5)12(2)3/h12-13H,6-11H2,1-5H3/q+1. The molecule has 0 aromatic rings. The molecule has 0 aromatic carbocycles. The van der Waals surface area contributed by atoms with E-state index in [1.165, 1.54) is 32.2 Å². The molecule has 0 radical (unpaired) electrons. The van der Waals surface area contributed by atoms with Crippen molar-refractivity contribution in [2.75, 3.05) is 27.3 Å². The van der Waals surface area contributed by atoms with E-state index in [9.17, 15) is 0 Å². The van der Waals surface area contributed by atoms with Gasteiger partial charge in [0.1, 0.15) is 6.67 Å². The van der Waals surface area contributed by atoms with E-state index < -0.39 is 0 Å². The van der Waals surface area contributed by atoms with Crippen molar-refractivity contribution in [3.63, 3.8) is 0 Å². The maximum absolute atomic E-state index is 3.54. The Morgan fingerprint density at radius 2 is 1.71 bits per heavy atom. The molecule has 0 saturated heterocycles. The van der Waals surface area contributed by atoms with Crippen molar-refractivity contribution in [3.8, 4) is 0 Å². The van der Waals surface area contributed by atoms with Crippen LogP contribution in [-0.4, -0.2) is 37.8 Å². The molecule has 2 nitrogen and oxygen atoms in total. The summed E-state index contributed by atoms with van der Waals surface area (Å²) in [5.41, 5.74) is 0. The molecule has 0 rings (SSSR count). The highest BCUT2D eigenvalue weighted by Crippen LogP contribution is 2.03. The average molecular weight is 201 g/mol. The first-order chi connectivity index (χ1) is 6.50. The first-order valence-electron chi connectivity index (χ1n) is 6.04. The van der Waals surface area contributed by atoms with E-state index in [0.29, 0.717) is 6.04 Å². The van der Waals surface area contributed by atoms with E-state index in [2.05, 4.69) is 40.2 Å². The van der Waals surface area contributed by atoms with Crippen molar-refractivity contribution in [2.45, 2.75) is 52.5 Å². The van der Waals surface area contributed by atoms with Crippen molar-refractivity contribution in [3.05, 3.63) is 0 Å². The summed E-state index contributed by atoms with van der Waals surface area (Å²) >= 11 is 0. The van der Waals surface area contributed by atoms with Crippen LogP contribution in [0.5, 0.6) is 0 Å². The van der Waals surface area contributed by atoms with Gasteiger partial charge in [0.05, 0.1) is 20.1 Å². The molecule has 0 aromatic heterocycles. The van der Waals surface area contributed by atoms with E-state index in [0.717, 1.165) is 11.2 Å². The second kappa shape index (κ2) is 7.24. The SMILES string of the molecule is CCCCCCNC[N+](C)(C)C(C)C. The van der Waals surface area contributed by atoms with Crippen LogP contribution in [-0.2, 0) is 0 Å². The first-order valence-corrected chi connectivity index (χ1v) is 6.04. The summed E-state index contributed by atoms with van der Waals surface area (Å²) in [6, 6.07) is 0.693. The molecule has 0 unspecified atom stereocenters. The zero-order valence-corrected chi connectivity index (χ0v) is 10.8. The van der Waals surface area contributed by atoms with Crippen molar-refractivity contribution in [2.24, 2.45) is 0 Å². The van der Waals surface area contributed by atoms with Crippen LogP contribution in [0.15, 0.2) is 0 Å². The second-order valence-electron chi connectivity index (χ2n) is 5.09. The number of unbranched alkanes of at least 4 members (excludes halogenated alkanes) is 3. The minimum absolute atomic E-state index is 0.693. The van der Waals surface area contributed by atoms with Gasteiger partial charge in [-0.05, 0) is 20.3 Å². The van der Waals surface area contributed by atoms with Crippen LogP contribution < -0.4 is 5.32 Å². The third-order valence-corrected chi connectivity index (χ3v) is 3.12. The van der Waals surface area contributed by atoms with Gasteiger partial charge in [0.2, 0.25) is 0 Å². The largest absolute Gasteiger partial charge is 0.314 e. The molecule has 0 fully saturated rings. The minimum Gasteiger partial charge on any atom is -0.314 e. The molecule has 0 heterocycles. The minimum atomic E-state index is 0.693. The predicted molar refractivity (Wildman–Crippen MR) is 64.3 cm³/mol. The molecule has 14 heavy (non-hydrogen) atoms. The molecule has 0 bridgehead atoms. The maximum Gasteiger partial charge on any atom is 0.132 e. The summed E-state index contributed by atoms with van der Waals surface area (Å²) in [7, 11) is 4.56. The van der Waals surface area contributed by atoms with Crippen LogP contribution in [0.3, 0.4) is 0 Å². The molecule has 0 aliphatic rings. The number of quaternary nitrogens is 1. The third-order valence-electron chi connectivity index (χ3n) is 3.12. The van der Waals surface area contributed by atoms with Gasteiger partial charge in [-0.15, -0.1) is 0 Å². The summed E-state index contributed by atoms with van der Waals surface area (Å²) in [4.78, 5) is 0. The lowest BCUT2D eigenvalue weighted by atomic mass is 10.2. The molecular formula is C12H29N2+. The molecule has 86 valence electrons. The maximum atomic E-state index is 3.54. The number of hydrogen-bond acceptors (Lipinski definition) is 1. The van der Waals surface area contributed by atoms with Crippen molar-refractivity contribution < 1.29 is 4.48 Å². The van der Waals surface area contributed by atoms with Crippen molar-refractivity contribution >= 4 is 0 Å². The molecular weight excluding hydrogens is 172 g/mol. The van der Waals surface area contributed by atoms with Crippen molar-refractivity contribution in [1.82, 2.24) is 5.32 Å². The molecule has 0 spiro atoms. The van der Waals surface area contributed by atoms with Gasteiger partial charge in [-0.25, -0.2) is 0 Å². The number of hydrogen-bond donors (Lipinski definition) is 1. The Hall–Kier alpha value is -0.0800. The molecule has 2 heteroatoms. The van der Waals surface area contributed by atoms with Gasteiger partial charge in [-0.1, -0.05) is 26.2 Å². The summed E-state index contributed by atoms with van der Waals surface area (Å²) < 4.78 is 1.06. The lowest BCUT2D eigenvalue weighted by Crippen LogP contribution is -2.51. The van der Waals surface area contributed by atoms with E-state index in [1.54, 1.807) is 0 Å². The summed E-state index contributed by atoms with van der Waals surface area (Å²) in [5, 5.41) is 3.54. The van der Waals surface area contributed by atoms with Crippen LogP contribution >= 0.6 is 0 Å². The fraction of sp³-hybridized carbons (Fsp3) is 1.00. The van der Waals surface area contributed by atoms with Crippen LogP contribution in [0.1, 0.15) is 46.5 Å². The molecule has 0 aliphatic carbocycles. The van der Waals surface area contributed by atoms with Crippen LogP contribution in [0.4, 0.5) is 0 Å². The van der Waals surface area contributed by atoms with Gasteiger partial charge in [-0.3, -0.25) is 5.32 Å². The summed E-state index contributed by atoms with van der Waals surface area (Å²) in [5.74, 6) is 0. The van der Waals surface area contributed by atoms with Gasteiger partial charge in [0, 0.05) is 6.54 Å². The zero-order valence-electron chi connectivity index (χ0n) is 10.8. The Morgan fingerprint density at radius 3 is 2.21 bits per heavy atom. The molecule has 0 saturated carbocycles. The Balaban J connectivity index is 3.35. The first kappa shape index (κ1) is 13.9. The summed E-state index contributed by atoms with van der Waals surface area (Å²) in [6.07, 6.45) is 5.40. The highest BCUT2D eigenvalue weighted by molar-refractivity contribution is 4.46. The Kier molecular flexibility index (Phi) is 7.20. The smallest absolute Gasteiger partial charge is 0.132 e. The number of nitrogens with zero attached hydrogens (tertiary/aromatic N) is 1. The highest BCUT2D eigenvalue weighted by atomic mass is 15.4. The van der Waals surface area contributed by atoms with Gasteiger partial charge in [-0.2, -0.15) is 0 Å². The van der Waals surface area contributed by atoms with Gasteiger partial charge in [0.15, 0.2) is 0 Å². The number of rotatable bonds is 8. The zero-order chi connectivity index (χ0) is 11.0. The van der Waals surface area contributed by atoms with Crippen LogP contribution in [0, 0.1) is 0 Å². The van der Waals surface area contributed by atoms with E-state index in [4.69, 9.17) is 0 Å². The topological polar surface area (TPSA) is 12.0 Å². The van der Waals surface area contributed by atoms with Crippen LogP contribution in [0.25, 0.3) is 0 Å². The van der Waals surface area contributed by atoms with Crippen molar-refractivity contribution in [1.29, 1.82) is 0 Å². The Morgan fingerprint density at radius 1 is 1.07 bits per heavy atom. The van der Waals surface area contributed by atoms with Gasteiger partial charge in [0.25, 0.3) is 0 Å². The predicted octanol–water partition coefficient (Wildman–Crippen LogP) is 2.60. The third kappa shape index (κ3) is 6.39. The lowest BCUT2D eigenvalue weighted by Gasteiger charge is -2.34. The van der Waals surface area contributed by atoms with E-state index in [1.807, 2.05) is 0 Å². The molecule has 0 amide bonds. The molecule has 1 N–H and O–H groups in total. The highest BCUT2D eigenvalue weighted by Gasteiger charge is 2.17. The normalized spacial score (nSPS) is 12.4. The summed E-state index contributed by atoms with van der Waals surface area (Å²) in [6.45, 7) is 9.07. The molecule has 0 atom stereocenters. The quantitative estimate of drug-likeness (QED) is 0.362. The average Bonchev–Trinajstić information content (AvgIpc) is 2.10. The van der Waals surface area contributed by atoms with Gasteiger partial charge < -0.3 is 4.48 Å². The lowest BCUT2D eigenvalue weighted by molar-refractivity contribution is -0.913.